The topological polar surface area (TPSA) is 12.0 Å². The van der Waals surface area contributed by atoms with Crippen LogP contribution in [-0.4, -0.2) is 12.6 Å². The lowest BCUT2D eigenvalue weighted by atomic mass is 9.90. The Kier molecular flexibility index (Phi) is 9.24. The minimum atomic E-state index is 0.756. The lowest BCUT2D eigenvalue weighted by molar-refractivity contribution is 0.422. The van der Waals surface area contributed by atoms with Gasteiger partial charge in [-0.05, 0) is 31.6 Å². The van der Waals surface area contributed by atoms with Crippen LogP contribution in [0.1, 0.15) is 103 Å². The number of hydrogen-bond acceptors (Lipinski definition) is 1. The zero-order valence-electron chi connectivity index (χ0n) is 14.9. The first-order chi connectivity index (χ1) is 10.9. The predicted molar refractivity (Wildman–Crippen MR) is 98.3 cm³/mol. The Morgan fingerprint density at radius 3 is 1.55 bits per heavy atom. The average Bonchev–Trinajstić information content (AvgIpc) is 2.75. The molecule has 0 bridgehead atoms. The molecule has 0 unspecified atom stereocenters. The van der Waals surface area contributed by atoms with Gasteiger partial charge >= 0.3 is 0 Å². The van der Waals surface area contributed by atoms with Gasteiger partial charge in [-0.2, -0.15) is 0 Å². The molecule has 1 nitrogen and oxygen atoms in total. The third-order valence-corrected chi connectivity index (χ3v) is 5.91. The molecule has 0 radical (unpaired) electrons. The van der Waals surface area contributed by atoms with E-state index in [0.717, 1.165) is 18.5 Å². The molecule has 0 amide bonds. The van der Waals surface area contributed by atoms with E-state index in [0.29, 0.717) is 0 Å². The number of hydrogen-bond donors (Lipinski definition) is 1. The fraction of sp³-hybridized carbons (Fsp3) is 0.905. The van der Waals surface area contributed by atoms with Crippen molar-refractivity contribution in [3.8, 4) is 0 Å². The van der Waals surface area contributed by atoms with Crippen molar-refractivity contribution in [3.63, 3.8) is 0 Å². The van der Waals surface area contributed by atoms with Crippen molar-refractivity contribution in [1.29, 1.82) is 0 Å². The van der Waals surface area contributed by atoms with E-state index in [-0.39, 0.29) is 0 Å². The van der Waals surface area contributed by atoms with Crippen LogP contribution in [0.5, 0.6) is 0 Å². The fourth-order valence-corrected chi connectivity index (χ4v) is 4.30. The Balaban J connectivity index is 1.71. The molecular weight excluding hydrogens is 266 g/mol. The van der Waals surface area contributed by atoms with Crippen LogP contribution in [0, 0.1) is 5.92 Å². The zero-order chi connectivity index (χ0) is 15.5. The first kappa shape index (κ1) is 18.0. The molecule has 0 heterocycles. The van der Waals surface area contributed by atoms with Gasteiger partial charge in [-0.25, -0.2) is 0 Å². The fourth-order valence-electron chi connectivity index (χ4n) is 4.30. The van der Waals surface area contributed by atoms with E-state index < -0.39 is 0 Å². The molecule has 0 aromatic heterocycles. The summed E-state index contributed by atoms with van der Waals surface area (Å²) in [6.45, 7) is 5.54. The van der Waals surface area contributed by atoms with Gasteiger partial charge in [0, 0.05) is 12.6 Å². The summed E-state index contributed by atoms with van der Waals surface area (Å²) >= 11 is 0. The maximum atomic E-state index is 4.46. The second kappa shape index (κ2) is 11.3. The quantitative estimate of drug-likeness (QED) is 0.594. The standard InChI is InChI=1S/C21H39N/c1-19(20-14-10-6-2-3-7-11-15-20)18-22-21-16-12-8-4-5-9-13-17-21/h20-22H,1-18H2. The Morgan fingerprint density at radius 2 is 1.05 bits per heavy atom. The van der Waals surface area contributed by atoms with E-state index in [1.165, 1.54) is 108 Å². The summed E-state index contributed by atoms with van der Waals surface area (Å²) in [6, 6.07) is 0.756. The molecule has 2 aliphatic rings. The van der Waals surface area contributed by atoms with Crippen molar-refractivity contribution in [2.75, 3.05) is 6.54 Å². The first-order valence-electron chi connectivity index (χ1n) is 10.3. The molecular formula is C21H39N. The Labute approximate surface area is 139 Å². The molecule has 1 heteroatoms. The van der Waals surface area contributed by atoms with Gasteiger partial charge in [0.2, 0.25) is 0 Å². The molecule has 2 fully saturated rings. The summed E-state index contributed by atoms with van der Waals surface area (Å²) in [4.78, 5) is 0. The summed E-state index contributed by atoms with van der Waals surface area (Å²) < 4.78 is 0. The van der Waals surface area contributed by atoms with Gasteiger partial charge in [-0.1, -0.05) is 89.2 Å². The molecule has 0 spiro atoms. The van der Waals surface area contributed by atoms with Crippen LogP contribution in [0.15, 0.2) is 12.2 Å². The van der Waals surface area contributed by atoms with Gasteiger partial charge < -0.3 is 5.32 Å². The van der Waals surface area contributed by atoms with E-state index in [2.05, 4.69) is 11.9 Å². The third-order valence-electron chi connectivity index (χ3n) is 5.91. The Hall–Kier alpha value is -0.300. The highest BCUT2D eigenvalue weighted by Gasteiger charge is 2.16. The minimum Gasteiger partial charge on any atom is -0.310 e. The Morgan fingerprint density at radius 1 is 0.636 bits per heavy atom. The van der Waals surface area contributed by atoms with Gasteiger partial charge in [-0.3, -0.25) is 0 Å². The highest BCUT2D eigenvalue weighted by Crippen LogP contribution is 2.26. The lowest BCUT2D eigenvalue weighted by Crippen LogP contribution is -2.32. The van der Waals surface area contributed by atoms with Crippen molar-refractivity contribution >= 4 is 0 Å². The SMILES string of the molecule is C=C(CNC1CCCCCCCC1)C1CCCCCCCC1. The van der Waals surface area contributed by atoms with Gasteiger partial charge in [0.1, 0.15) is 0 Å². The predicted octanol–water partition coefficient (Wildman–Crippen LogP) is 6.39. The molecule has 0 atom stereocenters. The third kappa shape index (κ3) is 7.31. The summed E-state index contributed by atoms with van der Waals surface area (Å²) in [5.74, 6) is 0.793. The average molecular weight is 306 g/mol. The largest absolute Gasteiger partial charge is 0.310 e. The van der Waals surface area contributed by atoms with E-state index in [9.17, 15) is 0 Å². The van der Waals surface area contributed by atoms with Gasteiger partial charge in [0.15, 0.2) is 0 Å². The smallest absolute Gasteiger partial charge is 0.0167 e. The van der Waals surface area contributed by atoms with Crippen molar-refractivity contribution in [3.05, 3.63) is 12.2 Å². The highest BCUT2D eigenvalue weighted by atomic mass is 14.9. The van der Waals surface area contributed by atoms with Crippen molar-refractivity contribution in [2.24, 2.45) is 5.92 Å². The van der Waals surface area contributed by atoms with Crippen molar-refractivity contribution in [1.82, 2.24) is 5.32 Å². The van der Waals surface area contributed by atoms with Crippen LogP contribution < -0.4 is 5.32 Å². The molecule has 0 aliphatic heterocycles. The van der Waals surface area contributed by atoms with Crippen molar-refractivity contribution in [2.45, 2.75) is 109 Å². The molecule has 2 aliphatic carbocycles. The second-order valence-electron chi connectivity index (χ2n) is 7.83. The summed E-state index contributed by atoms with van der Waals surface area (Å²) in [5, 5.41) is 3.87. The monoisotopic (exact) mass is 305 g/mol. The van der Waals surface area contributed by atoms with Gasteiger partial charge in [0.25, 0.3) is 0 Å². The van der Waals surface area contributed by atoms with E-state index >= 15 is 0 Å². The molecule has 2 saturated carbocycles. The van der Waals surface area contributed by atoms with Crippen LogP contribution in [0.2, 0.25) is 0 Å². The highest BCUT2D eigenvalue weighted by molar-refractivity contribution is 5.03. The van der Waals surface area contributed by atoms with Crippen LogP contribution in [0.4, 0.5) is 0 Å². The molecule has 0 saturated heterocycles. The summed E-state index contributed by atoms with van der Waals surface area (Å²) in [6.07, 6.45) is 22.9. The maximum Gasteiger partial charge on any atom is 0.0167 e. The molecule has 22 heavy (non-hydrogen) atoms. The van der Waals surface area contributed by atoms with Crippen molar-refractivity contribution < 1.29 is 0 Å². The van der Waals surface area contributed by atoms with Crippen LogP contribution in [-0.2, 0) is 0 Å². The summed E-state index contributed by atoms with van der Waals surface area (Å²) in [5.41, 5.74) is 1.50. The molecule has 2 rings (SSSR count). The molecule has 128 valence electrons. The van der Waals surface area contributed by atoms with Crippen LogP contribution in [0.25, 0.3) is 0 Å². The molecule has 0 aromatic rings. The van der Waals surface area contributed by atoms with E-state index in [4.69, 9.17) is 0 Å². The van der Waals surface area contributed by atoms with Gasteiger partial charge in [-0.15, -0.1) is 0 Å². The first-order valence-corrected chi connectivity index (χ1v) is 10.3. The maximum absolute atomic E-state index is 4.46. The number of rotatable bonds is 4. The summed E-state index contributed by atoms with van der Waals surface area (Å²) in [7, 11) is 0. The molecule has 1 N–H and O–H groups in total. The van der Waals surface area contributed by atoms with Crippen LogP contribution >= 0.6 is 0 Å². The lowest BCUT2D eigenvalue weighted by Gasteiger charge is -2.23. The second-order valence-corrected chi connectivity index (χ2v) is 7.83. The van der Waals surface area contributed by atoms with Gasteiger partial charge in [0.05, 0.1) is 0 Å². The number of nitrogens with one attached hydrogen (secondary N) is 1. The minimum absolute atomic E-state index is 0.756. The zero-order valence-corrected chi connectivity index (χ0v) is 14.9. The van der Waals surface area contributed by atoms with E-state index in [1.54, 1.807) is 0 Å². The van der Waals surface area contributed by atoms with E-state index in [1.807, 2.05) is 0 Å². The normalized spacial score (nSPS) is 24.4. The van der Waals surface area contributed by atoms with Crippen LogP contribution in [0.3, 0.4) is 0 Å². The Bertz CT molecular complexity index is 276. The molecule has 0 aromatic carbocycles.